The molecule has 20 heavy (non-hydrogen) atoms. The number of ether oxygens (including phenoxy) is 1. The highest BCUT2D eigenvalue weighted by molar-refractivity contribution is 5.67. The predicted octanol–water partition coefficient (Wildman–Crippen LogP) is 3.43. The number of rotatable bonds is 4. The van der Waals surface area contributed by atoms with Crippen molar-refractivity contribution in [3.8, 4) is 18.1 Å². The standard InChI is InChI=1S/C16H15F2NO/c1-3-12-6-9-15(19-11(12)2)13-4-7-14(8-5-13)20-10-16(17)18/h1,4-5,7-9,12,16,19H,2,6,10H2. The van der Waals surface area contributed by atoms with Gasteiger partial charge in [0.25, 0.3) is 6.43 Å². The largest absolute Gasteiger partial charge is 0.488 e. The molecule has 0 radical (unpaired) electrons. The van der Waals surface area contributed by atoms with Crippen molar-refractivity contribution in [1.29, 1.82) is 0 Å². The van der Waals surface area contributed by atoms with Gasteiger partial charge in [-0.1, -0.05) is 18.6 Å². The van der Waals surface area contributed by atoms with Gasteiger partial charge in [0.15, 0.2) is 0 Å². The first-order valence-electron chi connectivity index (χ1n) is 6.23. The van der Waals surface area contributed by atoms with E-state index >= 15 is 0 Å². The third-order valence-corrected chi connectivity index (χ3v) is 3.02. The van der Waals surface area contributed by atoms with Crippen LogP contribution in [0.3, 0.4) is 0 Å². The van der Waals surface area contributed by atoms with Gasteiger partial charge in [-0.2, -0.15) is 0 Å². The van der Waals surface area contributed by atoms with Gasteiger partial charge in [-0.15, -0.1) is 6.42 Å². The molecule has 1 aliphatic rings. The van der Waals surface area contributed by atoms with E-state index < -0.39 is 13.0 Å². The normalized spacial score (nSPS) is 18.2. The summed E-state index contributed by atoms with van der Waals surface area (Å²) in [5.41, 5.74) is 2.65. The van der Waals surface area contributed by atoms with Gasteiger partial charge < -0.3 is 10.1 Å². The first kappa shape index (κ1) is 14.1. The summed E-state index contributed by atoms with van der Waals surface area (Å²) in [5, 5.41) is 3.17. The molecule has 0 saturated carbocycles. The summed E-state index contributed by atoms with van der Waals surface area (Å²) < 4.78 is 29.0. The van der Waals surface area contributed by atoms with Crippen LogP contribution in [0.2, 0.25) is 0 Å². The molecule has 1 unspecified atom stereocenters. The Hall–Kier alpha value is -2.28. The first-order valence-corrected chi connectivity index (χ1v) is 6.23. The van der Waals surface area contributed by atoms with Crippen LogP contribution in [0.25, 0.3) is 5.70 Å². The molecule has 0 saturated heterocycles. The lowest BCUT2D eigenvalue weighted by Crippen LogP contribution is -2.21. The molecule has 1 heterocycles. The van der Waals surface area contributed by atoms with Crippen molar-refractivity contribution in [2.75, 3.05) is 6.61 Å². The molecule has 0 aliphatic carbocycles. The minimum atomic E-state index is -2.47. The van der Waals surface area contributed by atoms with Crippen LogP contribution in [0.1, 0.15) is 12.0 Å². The number of terminal acetylenes is 1. The van der Waals surface area contributed by atoms with Gasteiger partial charge in [-0.05, 0) is 36.2 Å². The number of nitrogens with one attached hydrogen (secondary N) is 1. The first-order chi connectivity index (χ1) is 9.60. The second-order valence-electron chi connectivity index (χ2n) is 4.45. The number of hydrogen-bond acceptors (Lipinski definition) is 2. The Balaban J connectivity index is 2.06. The van der Waals surface area contributed by atoms with E-state index in [2.05, 4.69) is 17.8 Å². The number of hydrogen-bond donors (Lipinski definition) is 1. The molecule has 4 heteroatoms. The molecule has 1 aromatic rings. The second kappa shape index (κ2) is 6.25. The van der Waals surface area contributed by atoms with Crippen LogP contribution in [0, 0.1) is 18.3 Å². The monoisotopic (exact) mass is 275 g/mol. The molecule has 0 spiro atoms. The summed E-state index contributed by atoms with van der Waals surface area (Å²) in [6.45, 7) is 3.31. The molecule has 1 atom stereocenters. The van der Waals surface area contributed by atoms with Crippen molar-refractivity contribution < 1.29 is 13.5 Å². The molecule has 0 fully saturated rings. The van der Waals surface area contributed by atoms with E-state index in [1.54, 1.807) is 12.1 Å². The quantitative estimate of drug-likeness (QED) is 0.850. The fourth-order valence-corrected chi connectivity index (χ4v) is 1.94. The van der Waals surface area contributed by atoms with Gasteiger partial charge in [0.05, 0.1) is 5.92 Å². The zero-order valence-corrected chi connectivity index (χ0v) is 10.9. The van der Waals surface area contributed by atoms with E-state index in [-0.39, 0.29) is 5.92 Å². The van der Waals surface area contributed by atoms with E-state index in [0.29, 0.717) is 5.75 Å². The van der Waals surface area contributed by atoms with Crippen LogP contribution in [-0.2, 0) is 0 Å². The summed E-state index contributed by atoms with van der Waals surface area (Å²) in [6.07, 6.45) is 5.67. The molecule has 0 aromatic heterocycles. The zero-order chi connectivity index (χ0) is 14.5. The lowest BCUT2D eigenvalue weighted by molar-refractivity contribution is 0.0819. The number of allylic oxidation sites excluding steroid dienone is 2. The summed E-state index contributed by atoms with van der Waals surface area (Å²) in [7, 11) is 0. The van der Waals surface area contributed by atoms with Gasteiger partial charge in [-0.25, -0.2) is 8.78 Å². The van der Waals surface area contributed by atoms with E-state index in [1.165, 1.54) is 0 Å². The molecular formula is C16H15F2NO. The average Bonchev–Trinajstić information content (AvgIpc) is 2.45. The molecule has 2 rings (SSSR count). The maximum Gasteiger partial charge on any atom is 0.272 e. The maximum atomic E-state index is 12.0. The molecule has 0 amide bonds. The smallest absolute Gasteiger partial charge is 0.272 e. The minimum Gasteiger partial charge on any atom is -0.488 e. The number of benzene rings is 1. The molecule has 1 aliphatic heterocycles. The van der Waals surface area contributed by atoms with Gasteiger partial charge >= 0.3 is 0 Å². The third-order valence-electron chi connectivity index (χ3n) is 3.02. The van der Waals surface area contributed by atoms with Crippen LogP contribution < -0.4 is 10.1 Å². The van der Waals surface area contributed by atoms with E-state index in [9.17, 15) is 8.78 Å². The Morgan fingerprint density at radius 1 is 1.40 bits per heavy atom. The summed E-state index contributed by atoms with van der Waals surface area (Å²) in [6, 6.07) is 6.94. The lowest BCUT2D eigenvalue weighted by atomic mass is 9.96. The highest BCUT2D eigenvalue weighted by Gasteiger charge is 2.16. The maximum absolute atomic E-state index is 12.0. The minimum absolute atomic E-state index is 0.00685. The Labute approximate surface area is 117 Å². The van der Waals surface area contributed by atoms with Crippen LogP contribution in [0.15, 0.2) is 42.6 Å². The summed E-state index contributed by atoms with van der Waals surface area (Å²) in [4.78, 5) is 0. The molecular weight excluding hydrogens is 260 g/mol. The van der Waals surface area contributed by atoms with E-state index in [0.717, 1.165) is 23.4 Å². The Morgan fingerprint density at radius 3 is 2.65 bits per heavy atom. The second-order valence-corrected chi connectivity index (χ2v) is 4.45. The third kappa shape index (κ3) is 3.39. The van der Waals surface area contributed by atoms with Crippen molar-refractivity contribution >= 4 is 5.70 Å². The van der Waals surface area contributed by atoms with Crippen molar-refractivity contribution in [1.82, 2.24) is 5.32 Å². The van der Waals surface area contributed by atoms with Crippen molar-refractivity contribution in [3.63, 3.8) is 0 Å². The molecule has 1 aromatic carbocycles. The zero-order valence-electron chi connectivity index (χ0n) is 10.9. The van der Waals surface area contributed by atoms with Crippen molar-refractivity contribution in [2.45, 2.75) is 12.8 Å². The van der Waals surface area contributed by atoms with Crippen molar-refractivity contribution in [2.24, 2.45) is 5.92 Å². The number of alkyl halides is 2. The Morgan fingerprint density at radius 2 is 2.10 bits per heavy atom. The molecule has 1 N–H and O–H groups in total. The SMILES string of the molecule is C#CC1CC=C(c2ccc(OCC(F)F)cc2)NC1=C. The fraction of sp³-hybridized carbons (Fsp3) is 0.250. The lowest BCUT2D eigenvalue weighted by Gasteiger charge is -2.23. The molecule has 0 bridgehead atoms. The van der Waals surface area contributed by atoms with Crippen LogP contribution >= 0.6 is 0 Å². The Bertz CT molecular complexity index is 555. The fourth-order valence-electron chi connectivity index (χ4n) is 1.94. The average molecular weight is 275 g/mol. The van der Waals surface area contributed by atoms with Gasteiger partial charge in [-0.3, -0.25) is 0 Å². The van der Waals surface area contributed by atoms with Gasteiger partial charge in [0, 0.05) is 11.4 Å². The van der Waals surface area contributed by atoms with Crippen molar-refractivity contribution in [3.05, 3.63) is 48.2 Å². The summed E-state index contributed by atoms with van der Waals surface area (Å²) >= 11 is 0. The van der Waals surface area contributed by atoms with Crippen LogP contribution in [0.4, 0.5) is 8.78 Å². The topological polar surface area (TPSA) is 21.3 Å². The highest BCUT2D eigenvalue weighted by atomic mass is 19.3. The van der Waals surface area contributed by atoms with Gasteiger partial charge in [0.1, 0.15) is 12.4 Å². The van der Waals surface area contributed by atoms with E-state index in [1.807, 2.05) is 18.2 Å². The predicted molar refractivity (Wildman–Crippen MR) is 75.1 cm³/mol. The highest BCUT2D eigenvalue weighted by Crippen LogP contribution is 2.25. The molecule has 2 nitrogen and oxygen atoms in total. The van der Waals surface area contributed by atoms with E-state index in [4.69, 9.17) is 11.2 Å². The Kier molecular flexibility index (Phi) is 4.41. The van der Waals surface area contributed by atoms with Crippen LogP contribution in [0.5, 0.6) is 5.75 Å². The molecule has 104 valence electrons. The van der Waals surface area contributed by atoms with Crippen LogP contribution in [-0.4, -0.2) is 13.0 Å². The summed E-state index contributed by atoms with van der Waals surface area (Å²) in [5.74, 6) is 3.09. The van der Waals surface area contributed by atoms with Gasteiger partial charge in [0.2, 0.25) is 0 Å². The number of halogens is 2.